The van der Waals surface area contributed by atoms with Gasteiger partial charge in [-0.1, -0.05) is 74.7 Å². The highest BCUT2D eigenvalue weighted by molar-refractivity contribution is 8.24. The highest BCUT2D eigenvalue weighted by Crippen LogP contribution is 2.61. The highest BCUT2D eigenvalue weighted by Gasteiger charge is 2.53. The van der Waals surface area contributed by atoms with E-state index in [2.05, 4.69) is 114 Å². The lowest BCUT2D eigenvalue weighted by Gasteiger charge is -2.32. The molecule has 148 heavy (non-hydrogen) atoms. The molecule has 1 fully saturated rings. The maximum Gasteiger partial charge on any atom is 0.497 e. The van der Waals surface area contributed by atoms with Crippen molar-refractivity contribution in [2.45, 2.75) is 242 Å². The molecule has 0 amide bonds. The Kier molecular flexibility index (Phi) is 43.3. The number of Topliss-reactive ketones (excluding diaryl/α,β-unsaturated/α-hetero) is 4. The third-order valence-corrected chi connectivity index (χ3v) is 26.9. The minimum atomic E-state index is -4.44. The number of H-pyrrole nitrogens is 3. The van der Waals surface area contributed by atoms with E-state index < -0.39 is 171 Å². The number of pyridine rings is 3. The predicted octanol–water partition coefficient (Wildman–Crippen LogP) is 22.2. The van der Waals surface area contributed by atoms with Crippen molar-refractivity contribution in [3.05, 3.63) is 231 Å². The van der Waals surface area contributed by atoms with Gasteiger partial charge in [0.15, 0.2) is 46.1 Å². The molecule has 1 aliphatic heterocycles. The SMILES string of the molecule is CC[C@@](C)(N)C(=O)CCC(F)(F)F.CC[C@@](C)(Nc1ccnc(-c2c[nH]c3ncccc23)n1)C(=O)CCC(F)(F)F.CC[C@@](C)(Nc1ccnc(-c2cn(S(=O)(=O)c3ccc(C)cc3)c3ncccc23)n1)C(=O)CCC(F)(F)F.CC[C@@](C)(Nc1ccnc(Cl)n1)C(=O)CCC(F)(F)F.Cc1ccc(S(=O)(=O)n2cc(B3OC(C)(C)C(C)(C)O3)c3cccnc32)cc1.Clc1ccnc(Cl)n1.O=P(Cl)(Cl)Cl.O=c1cc[nH]c(=O)[nH]1. The summed E-state index contributed by atoms with van der Waals surface area (Å²) in [6, 6.07) is 31.2. The number of halogens is 18. The van der Waals surface area contributed by atoms with E-state index in [-0.39, 0.29) is 49.6 Å². The topological polar surface area (TPSA) is 467 Å². The van der Waals surface area contributed by atoms with Gasteiger partial charge < -0.3 is 41.0 Å². The number of nitrogens with zero attached hydrogens (tertiary/aromatic N) is 13. The van der Waals surface area contributed by atoms with Crippen LogP contribution in [-0.4, -0.2) is 183 Å². The average molecular weight is 2260 g/mol. The summed E-state index contributed by atoms with van der Waals surface area (Å²) in [5, 5.41) is 8.13. The summed E-state index contributed by atoms with van der Waals surface area (Å²) in [4.78, 5) is 121. The Morgan fingerprint density at radius 1 is 0.459 bits per heavy atom. The van der Waals surface area contributed by atoms with Crippen molar-refractivity contribution in [3.8, 4) is 22.8 Å². The number of ketones is 4. The number of aromatic amines is 3. The summed E-state index contributed by atoms with van der Waals surface area (Å²) in [5.74, 6) is -0.698. The van der Waals surface area contributed by atoms with Gasteiger partial charge in [0.1, 0.15) is 28.3 Å². The summed E-state index contributed by atoms with van der Waals surface area (Å²) < 4.78 is 225. The molecule has 0 spiro atoms. The molecule has 1 aliphatic rings. The molecule has 12 heterocycles. The fourth-order valence-corrected chi connectivity index (χ4v) is 16.2. The molecule has 33 nitrogen and oxygen atoms in total. The van der Waals surface area contributed by atoms with Crippen molar-refractivity contribution in [3.63, 3.8) is 0 Å². The zero-order valence-electron chi connectivity index (χ0n) is 81.6. The highest BCUT2D eigenvalue weighted by atomic mass is 36.0. The number of hydrogen-bond donors (Lipinski definition) is 7. The number of carbonyl (C=O) groups excluding carboxylic acids is 4. The second-order valence-electron chi connectivity index (χ2n) is 34.7. The number of rotatable bonds is 29. The van der Waals surface area contributed by atoms with Gasteiger partial charge in [-0.05, 0) is 237 Å². The molecule has 0 radical (unpaired) electrons. The Labute approximate surface area is 872 Å². The Bertz CT molecular complexity index is 7090. The first-order valence-electron chi connectivity index (χ1n) is 44.7. The van der Waals surface area contributed by atoms with Crippen LogP contribution in [-0.2, 0) is 53.1 Å². The Morgan fingerprint density at radius 2 is 0.824 bits per heavy atom. The number of hydrogen-bond acceptors (Lipinski definition) is 28. The van der Waals surface area contributed by atoms with E-state index in [1.165, 1.54) is 91.5 Å². The lowest BCUT2D eigenvalue weighted by molar-refractivity contribution is -0.145. The van der Waals surface area contributed by atoms with Gasteiger partial charge in [-0.25, -0.2) is 84.4 Å². The Hall–Kier alpha value is -11.4. The van der Waals surface area contributed by atoms with Gasteiger partial charge in [-0.15, -0.1) is 0 Å². The van der Waals surface area contributed by atoms with Gasteiger partial charge in [0.2, 0.25) is 10.6 Å². The van der Waals surface area contributed by atoms with E-state index >= 15 is 0 Å². The molecule has 1 saturated heterocycles. The van der Waals surface area contributed by atoms with Crippen molar-refractivity contribution in [1.82, 2.24) is 77.7 Å². The predicted molar refractivity (Wildman–Crippen MR) is 544 cm³/mol. The number of aromatic nitrogens is 16. The molecular formula is C93H104BCl6F12N20O13PS2. The van der Waals surface area contributed by atoms with E-state index in [0.717, 1.165) is 26.0 Å². The summed E-state index contributed by atoms with van der Waals surface area (Å²) in [5.41, 5.74) is 3.80. The molecular weight excluding hydrogens is 2150 g/mol. The smallest absolute Gasteiger partial charge is 0.399 e. The molecule has 8 N–H and O–H groups in total. The van der Waals surface area contributed by atoms with E-state index in [1.807, 2.05) is 58.7 Å². The number of fused-ring (bicyclic) bond motifs is 3. The van der Waals surface area contributed by atoms with Crippen LogP contribution in [0.15, 0.2) is 203 Å². The Morgan fingerprint density at radius 3 is 1.20 bits per heavy atom. The lowest BCUT2D eigenvalue weighted by atomic mass is 9.79. The number of nitrogens with one attached hydrogen (secondary N) is 6. The normalized spacial score (nSPS) is 14.6. The van der Waals surface area contributed by atoms with Crippen molar-refractivity contribution in [2.24, 2.45) is 5.73 Å². The fourth-order valence-electron chi connectivity index (χ4n) is 13.0. The van der Waals surface area contributed by atoms with Crippen LogP contribution in [0.3, 0.4) is 0 Å². The number of nitrogens with two attached hydrogens (primary N) is 1. The molecule has 0 aliphatic carbocycles. The van der Waals surface area contributed by atoms with Crippen LogP contribution in [0.25, 0.3) is 55.9 Å². The van der Waals surface area contributed by atoms with Crippen LogP contribution in [0.2, 0.25) is 15.7 Å². The van der Waals surface area contributed by atoms with Crippen molar-refractivity contribution in [1.29, 1.82) is 0 Å². The first-order valence-corrected chi connectivity index (χ1v) is 53.1. The summed E-state index contributed by atoms with van der Waals surface area (Å²) in [7, 11) is -8.48. The summed E-state index contributed by atoms with van der Waals surface area (Å²) >= 11 is 30.2. The minimum absolute atomic E-state index is 0.00352. The standard InChI is InChI=1S/C26H26F3N5O3S.C20H23BN2O4S.C19H20F3N5O.C12H15ClF3N3O.C8H14F3NO.C4H2Cl2N2.C4H4N2O2.Cl3OP/c1-4-25(3,21(35)11-13-26(27,28)29)33-22-12-15-30-23(32-22)20-16-34(24-19(20)6-5-14-31-24)38(36,37)18-9-7-17(2)8-10-18;1-14-8-10-15(11-9-14)28(24,25)23-13-17(16-7-6-12-22-18(16)23)21-26-19(2,3)20(4,5)27-21;1-3-18(2,14(28)6-8-19(20,21)22)27-15-7-10-24-17(26-15)13-11-25-16-12(13)5-4-9-23-16;1-3-11(2,8(20)4-6-12(14,15)16)19-9-5-7-17-10(13)18-9;1-3-7(2,12)6(13)4-5-8(9,10)11;5-3-1-2-7-4(6)8-3;7-3-1-2-5-4(8)6-3;1-5(2,3)4/h5-10,12,14-16H,4,11,13H2,1-3H3,(H,30,32,33);6-13H,1-5H3;4-5,7,9-11H,3,6,8H2,1-2H3,(H,23,25)(H,24,26,27);5,7H,3-4,6H2,1-2H3,(H,17,18,19);3-5,12H2,1-2H3;1-2H;1-2H,(H2,5,6,7,8);/t25-;;18-;11-;7-;;;/m1.111.../s1. The molecule has 0 saturated carbocycles. The van der Waals surface area contributed by atoms with Crippen LogP contribution in [0.5, 0.6) is 0 Å². The maximum atomic E-state index is 13.5. The Balaban J connectivity index is 0.000000244. The lowest BCUT2D eigenvalue weighted by Crippen LogP contribution is -2.44. The molecule has 0 unspecified atom stereocenters. The molecule has 11 aromatic heterocycles. The number of anilines is 3. The first kappa shape index (κ1) is 123. The fraction of sp³-hybridized carbons (Fsp3) is 0.387. The number of carbonyl (C=O) groups is 4. The first-order chi connectivity index (χ1) is 68.5. The molecule has 55 heteroatoms. The molecule has 14 rings (SSSR count). The number of benzene rings is 2. The summed E-state index contributed by atoms with van der Waals surface area (Å²) in [6.07, 6.45) is -6.53. The van der Waals surface area contributed by atoms with Crippen molar-refractivity contribution in [2.75, 3.05) is 16.0 Å². The number of aryl methyl sites for hydroxylation is 2. The van der Waals surface area contributed by atoms with Crippen LogP contribution in [0.1, 0.15) is 171 Å². The quantitative estimate of drug-likeness (QED) is 0.00752. The van der Waals surface area contributed by atoms with Gasteiger partial charge in [-0.3, -0.25) is 33.5 Å². The van der Waals surface area contributed by atoms with E-state index in [1.54, 1.807) is 139 Å². The molecule has 2 aromatic carbocycles. The third-order valence-electron chi connectivity index (χ3n) is 23.0. The van der Waals surface area contributed by atoms with Gasteiger partial charge in [0.05, 0.1) is 68.8 Å². The largest absolute Gasteiger partial charge is 0.497 e. The monoisotopic (exact) mass is 2250 g/mol. The molecule has 13 aromatic rings. The van der Waals surface area contributed by atoms with Crippen molar-refractivity contribution >= 4 is 180 Å². The third kappa shape index (κ3) is 37.0. The average Bonchev–Trinajstić information content (AvgIpc) is 1.59. The second-order valence-corrected chi connectivity index (χ2v) is 46.1. The second kappa shape index (κ2) is 51.9. The molecule has 800 valence electrons. The van der Waals surface area contributed by atoms with E-state index in [0.29, 0.717) is 75.0 Å². The number of alkyl halides is 12. The van der Waals surface area contributed by atoms with Gasteiger partial charge in [0, 0.05) is 133 Å². The zero-order valence-corrected chi connectivity index (χ0v) is 88.7. The minimum Gasteiger partial charge on any atom is -0.399 e. The van der Waals surface area contributed by atoms with Crippen LogP contribution in [0.4, 0.5) is 70.1 Å². The van der Waals surface area contributed by atoms with Crippen molar-refractivity contribution < 1.29 is 103 Å². The molecule has 0 bridgehead atoms. The summed E-state index contributed by atoms with van der Waals surface area (Å²) in [6.45, 7) is 24.6. The van der Waals surface area contributed by atoms with Crippen LogP contribution < -0.4 is 38.4 Å². The zero-order chi connectivity index (χ0) is 111. The molecule has 4 atom stereocenters. The van der Waals surface area contributed by atoms with Crippen LogP contribution in [0, 0.1) is 13.8 Å². The van der Waals surface area contributed by atoms with E-state index in [9.17, 15) is 103 Å². The van der Waals surface area contributed by atoms with Gasteiger partial charge in [-0.2, -0.15) is 52.7 Å². The van der Waals surface area contributed by atoms with Gasteiger partial charge >= 0.3 is 42.7 Å². The van der Waals surface area contributed by atoms with E-state index in [4.69, 9.17) is 49.8 Å². The van der Waals surface area contributed by atoms with Gasteiger partial charge in [0.25, 0.3) is 25.6 Å². The maximum absolute atomic E-state index is 13.5. The van der Waals surface area contributed by atoms with Crippen LogP contribution >= 0.6 is 73.7 Å².